The van der Waals surface area contributed by atoms with Gasteiger partial charge in [-0.15, -0.1) is 17.7 Å². The van der Waals surface area contributed by atoms with E-state index in [9.17, 15) is 4.79 Å². The van der Waals surface area contributed by atoms with Crippen molar-refractivity contribution in [1.82, 2.24) is 14.5 Å². The zero-order chi connectivity index (χ0) is 14.7. The Morgan fingerprint density at radius 3 is 2.90 bits per heavy atom. The molecule has 0 radical (unpaired) electrons. The van der Waals surface area contributed by atoms with E-state index in [1.807, 2.05) is 0 Å². The van der Waals surface area contributed by atoms with Crippen LogP contribution in [-0.4, -0.2) is 44.8 Å². The maximum absolute atomic E-state index is 12.0. The molecule has 1 atom stereocenters. The number of oxime groups is 1. The molecule has 2 rings (SSSR count). The highest BCUT2D eigenvalue weighted by Gasteiger charge is 2.30. The molecule has 10 nitrogen and oxygen atoms in total. The largest absolute Gasteiger partial charge is 0.442 e. The molecule has 2 heterocycles. The molecule has 2 N–H and O–H groups in total. The summed E-state index contributed by atoms with van der Waals surface area (Å²) in [7, 11) is 1.27. The number of nitrogen functional groups attached to an aromatic ring is 1. The molecule has 0 saturated carbocycles. The summed E-state index contributed by atoms with van der Waals surface area (Å²) in [5.74, 6) is -0.583. The van der Waals surface area contributed by atoms with Gasteiger partial charge in [-0.3, -0.25) is 0 Å². The van der Waals surface area contributed by atoms with Crippen LogP contribution in [0.15, 0.2) is 10.3 Å². The average Bonchev–Trinajstić information content (AvgIpc) is 2.93. The molecule has 1 unspecified atom stereocenters. The van der Waals surface area contributed by atoms with Crippen molar-refractivity contribution < 1.29 is 19.2 Å². The smallest absolute Gasteiger partial charge is 0.390 e. The van der Waals surface area contributed by atoms with Gasteiger partial charge in [0.25, 0.3) is 5.56 Å². The van der Waals surface area contributed by atoms with E-state index in [0.717, 1.165) is 16.7 Å². The molecular weight excluding hydrogens is 308 g/mol. The maximum Gasteiger partial charge on any atom is 0.390 e. The van der Waals surface area contributed by atoms with Gasteiger partial charge in [-0.05, 0) is 0 Å². The molecule has 108 valence electrons. The number of aromatic nitrogens is 2. The second-order valence-electron chi connectivity index (χ2n) is 3.32. The summed E-state index contributed by atoms with van der Waals surface area (Å²) in [6.45, 7) is 1.59. The van der Waals surface area contributed by atoms with Gasteiger partial charge >= 0.3 is 5.97 Å². The molecule has 1 aromatic rings. The first-order valence-corrected chi connectivity index (χ1v) is 6.42. The Labute approximate surface area is 122 Å². The van der Waals surface area contributed by atoms with Crippen LogP contribution in [0.2, 0.25) is 0 Å². The third kappa shape index (κ3) is 3.08. The fourth-order valence-corrected chi connectivity index (χ4v) is 1.88. The Hall–Kier alpha value is -2.08. The van der Waals surface area contributed by atoms with Crippen LogP contribution in [0.5, 0.6) is 0 Å². The lowest BCUT2D eigenvalue weighted by atomic mass is 10.4. The predicted molar refractivity (Wildman–Crippen MR) is 72.8 cm³/mol. The summed E-state index contributed by atoms with van der Waals surface area (Å²) in [5, 5.41) is 8.38. The van der Waals surface area contributed by atoms with E-state index in [1.165, 1.54) is 7.11 Å². The molecule has 1 aliphatic heterocycles. The summed E-state index contributed by atoms with van der Waals surface area (Å²) in [5.41, 5.74) is 4.36. The van der Waals surface area contributed by atoms with Gasteiger partial charge in [0.05, 0.1) is 0 Å². The highest BCUT2D eigenvalue weighted by atomic mass is 32.1. The molecule has 0 aromatic carbocycles. The number of nitrogens with zero attached hydrogens (tertiary/aromatic N) is 5. The minimum Gasteiger partial charge on any atom is -0.442 e. The highest BCUT2D eigenvalue weighted by molar-refractivity contribution is 7.80. The van der Waals surface area contributed by atoms with Gasteiger partial charge in [-0.1, -0.05) is 10.3 Å². The first kappa shape index (κ1) is 14.3. The summed E-state index contributed by atoms with van der Waals surface area (Å²) < 4.78 is 8.92. The van der Waals surface area contributed by atoms with Crippen LogP contribution < -0.4 is 5.73 Å². The van der Waals surface area contributed by atoms with Crippen LogP contribution in [0, 0.1) is 0 Å². The molecule has 0 bridgehead atoms. The van der Waals surface area contributed by atoms with Crippen LogP contribution in [0.25, 0.3) is 0 Å². The number of carbonyl (C=O) groups is 1. The normalized spacial score (nSPS) is 18.6. The van der Waals surface area contributed by atoms with Crippen molar-refractivity contribution >= 4 is 46.9 Å². The highest BCUT2D eigenvalue weighted by Crippen LogP contribution is 2.16. The zero-order valence-corrected chi connectivity index (χ0v) is 12.1. The molecule has 0 amide bonds. The fraction of sp³-hybridized carbons (Fsp3) is 0.375. The number of anilines is 1. The van der Waals surface area contributed by atoms with Gasteiger partial charge in [-0.2, -0.15) is 9.36 Å². The van der Waals surface area contributed by atoms with Crippen molar-refractivity contribution in [3.63, 3.8) is 0 Å². The summed E-state index contributed by atoms with van der Waals surface area (Å²) in [6, 6.07) is 0. The van der Waals surface area contributed by atoms with Crippen molar-refractivity contribution in [2.45, 2.75) is 12.5 Å². The lowest BCUT2D eigenvalue weighted by Gasteiger charge is -2.15. The average molecular weight is 318 g/mol. The Morgan fingerprint density at radius 2 is 2.40 bits per heavy atom. The van der Waals surface area contributed by atoms with Crippen LogP contribution in [-0.2, 0) is 19.2 Å². The molecule has 20 heavy (non-hydrogen) atoms. The first-order chi connectivity index (χ1) is 9.51. The van der Waals surface area contributed by atoms with Gasteiger partial charge in [0, 0.05) is 18.5 Å². The van der Waals surface area contributed by atoms with Gasteiger partial charge in [-0.25, -0.2) is 4.79 Å². The van der Waals surface area contributed by atoms with E-state index in [2.05, 4.69) is 37.1 Å². The maximum atomic E-state index is 12.0. The lowest BCUT2D eigenvalue weighted by molar-refractivity contribution is -0.194. The third-order valence-electron chi connectivity index (χ3n) is 1.91. The molecule has 12 heteroatoms. The number of hydrogen-bond acceptors (Lipinski definition) is 12. The van der Waals surface area contributed by atoms with Crippen molar-refractivity contribution in [2.24, 2.45) is 10.3 Å². The van der Waals surface area contributed by atoms with E-state index >= 15 is 0 Å². The molecular formula is C8H10N6O4S2. The van der Waals surface area contributed by atoms with Crippen molar-refractivity contribution in [2.75, 3.05) is 12.8 Å². The van der Waals surface area contributed by atoms with E-state index in [4.69, 9.17) is 15.3 Å². The number of hydrogen-bond donors (Lipinski definition) is 2. The number of ether oxygens (including phenoxy) is 1. The predicted octanol–water partition coefficient (Wildman–Crippen LogP) is -0.192. The molecule has 1 aliphatic rings. The number of hydroxylamine groups is 1. The van der Waals surface area contributed by atoms with Crippen molar-refractivity contribution in [1.29, 1.82) is 0 Å². The van der Waals surface area contributed by atoms with Gasteiger partial charge in [0.1, 0.15) is 7.11 Å². The van der Waals surface area contributed by atoms with Crippen LogP contribution >= 0.6 is 24.2 Å². The Morgan fingerprint density at radius 1 is 1.65 bits per heavy atom. The monoisotopic (exact) mass is 318 g/mol. The summed E-state index contributed by atoms with van der Waals surface area (Å²) in [4.78, 5) is 25.3. The van der Waals surface area contributed by atoms with E-state index in [1.54, 1.807) is 6.92 Å². The standard InChI is InChI=1S/C8H10N6O4S2/c1-3-11-14(8(19)17-3)18-6(15)4(12-16-2)5-10-7(9)20-13-5/h8,19H,1-2H3,(H2,9,10,13)/b12-4-. The molecule has 1 aromatic heterocycles. The second-order valence-corrected chi connectivity index (χ2v) is 4.55. The second kappa shape index (κ2) is 5.92. The third-order valence-corrected chi connectivity index (χ3v) is 2.76. The number of hydrazone groups is 1. The van der Waals surface area contributed by atoms with Crippen molar-refractivity contribution in [3.05, 3.63) is 5.82 Å². The quantitative estimate of drug-likeness (QED) is 0.444. The SMILES string of the molecule is CO/N=C(\C(=O)ON1N=C(C)OC1S)c1nsc(N)n1. The van der Waals surface area contributed by atoms with E-state index < -0.39 is 11.5 Å². The fourth-order valence-electron chi connectivity index (χ4n) is 1.20. The summed E-state index contributed by atoms with van der Waals surface area (Å²) >= 11 is 4.94. The lowest BCUT2D eigenvalue weighted by Crippen LogP contribution is -2.31. The van der Waals surface area contributed by atoms with Crippen LogP contribution in [0.1, 0.15) is 12.7 Å². The number of carbonyl (C=O) groups excluding carboxylic acids is 1. The van der Waals surface area contributed by atoms with Crippen molar-refractivity contribution in [3.8, 4) is 0 Å². The topological polar surface area (TPSA) is 125 Å². The van der Waals surface area contributed by atoms with Gasteiger partial charge in [0.2, 0.25) is 17.4 Å². The van der Waals surface area contributed by atoms with Crippen LogP contribution in [0.3, 0.4) is 0 Å². The number of thiol groups is 1. The molecule has 0 saturated heterocycles. The molecule has 0 spiro atoms. The van der Waals surface area contributed by atoms with E-state index in [-0.39, 0.29) is 16.7 Å². The Kier molecular flexibility index (Phi) is 4.24. The minimum atomic E-state index is -0.884. The Balaban J connectivity index is 2.15. The van der Waals surface area contributed by atoms with Gasteiger partial charge < -0.3 is 20.1 Å². The minimum absolute atomic E-state index is 0.00381. The van der Waals surface area contributed by atoms with Gasteiger partial charge in [0.15, 0.2) is 5.13 Å². The molecule has 0 fully saturated rings. The molecule has 0 aliphatic carbocycles. The number of rotatable bonds is 4. The van der Waals surface area contributed by atoms with Crippen LogP contribution in [0.4, 0.5) is 5.13 Å². The Bertz CT molecular complexity index is 573. The van der Waals surface area contributed by atoms with E-state index in [0.29, 0.717) is 5.90 Å². The summed E-state index contributed by atoms with van der Waals surface area (Å²) in [6.07, 6.45) is 0. The first-order valence-electron chi connectivity index (χ1n) is 5.13. The zero-order valence-electron chi connectivity index (χ0n) is 10.4. The number of nitrogens with two attached hydrogens (primary N) is 1.